The maximum absolute atomic E-state index is 13.8. The molecule has 27 heavy (non-hydrogen) atoms. The summed E-state index contributed by atoms with van der Waals surface area (Å²) in [5, 5.41) is 2.90. The van der Waals surface area contributed by atoms with Gasteiger partial charge in [0.15, 0.2) is 27.5 Å². The number of halogens is 1. The van der Waals surface area contributed by atoms with Crippen LogP contribution in [-0.2, 0) is 14.6 Å². The fourth-order valence-electron chi connectivity index (χ4n) is 2.65. The summed E-state index contributed by atoms with van der Waals surface area (Å²) < 4.78 is 42.5. The number of benzene rings is 2. The van der Waals surface area contributed by atoms with Gasteiger partial charge in [-0.1, -0.05) is 38.1 Å². The molecular formula is C20H24FNO4S. The molecule has 1 N–H and O–H groups in total. The second kappa shape index (κ2) is 8.99. The lowest BCUT2D eigenvalue weighted by Gasteiger charge is -2.22. The van der Waals surface area contributed by atoms with Crippen molar-refractivity contribution in [2.24, 2.45) is 0 Å². The molecule has 1 amide bonds. The number of ether oxygens (including phenoxy) is 1. The number of amides is 1. The van der Waals surface area contributed by atoms with Crippen molar-refractivity contribution >= 4 is 15.7 Å². The van der Waals surface area contributed by atoms with Gasteiger partial charge in [-0.25, -0.2) is 12.8 Å². The highest BCUT2D eigenvalue weighted by Crippen LogP contribution is 2.21. The van der Waals surface area contributed by atoms with Crippen molar-refractivity contribution < 1.29 is 22.3 Å². The molecule has 0 heterocycles. The van der Waals surface area contributed by atoms with Crippen molar-refractivity contribution in [1.29, 1.82) is 0 Å². The Bertz CT molecular complexity index is 881. The Balaban J connectivity index is 2.11. The minimum absolute atomic E-state index is 0.0325. The summed E-state index contributed by atoms with van der Waals surface area (Å²) in [5.41, 5.74) is 0.791. The summed E-state index contributed by atoms with van der Waals surface area (Å²) in [4.78, 5) is 12.8. The molecule has 2 rings (SSSR count). The van der Waals surface area contributed by atoms with Crippen LogP contribution in [-0.4, -0.2) is 26.7 Å². The van der Waals surface area contributed by atoms with E-state index in [4.69, 9.17) is 4.74 Å². The lowest BCUT2D eigenvalue weighted by Crippen LogP contribution is -2.40. The number of hydrogen-bond acceptors (Lipinski definition) is 4. The van der Waals surface area contributed by atoms with Crippen LogP contribution in [0.15, 0.2) is 53.4 Å². The second-order valence-electron chi connectivity index (χ2n) is 6.26. The molecule has 0 aliphatic rings. The van der Waals surface area contributed by atoms with Crippen LogP contribution in [0.3, 0.4) is 0 Å². The predicted octanol–water partition coefficient (Wildman–Crippen LogP) is 3.65. The van der Waals surface area contributed by atoms with Gasteiger partial charge in [-0.2, -0.15) is 0 Å². The summed E-state index contributed by atoms with van der Waals surface area (Å²) >= 11 is 0. The fourth-order valence-corrected chi connectivity index (χ4v) is 3.28. The van der Waals surface area contributed by atoms with E-state index in [1.54, 1.807) is 31.2 Å². The van der Waals surface area contributed by atoms with Gasteiger partial charge in [0.05, 0.1) is 10.9 Å². The van der Waals surface area contributed by atoms with Crippen LogP contribution in [0.1, 0.15) is 38.3 Å². The van der Waals surface area contributed by atoms with E-state index in [1.807, 2.05) is 6.92 Å². The summed E-state index contributed by atoms with van der Waals surface area (Å²) in [6.45, 7) is 3.70. The van der Waals surface area contributed by atoms with E-state index in [-0.39, 0.29) is 22.6 Å². The zero-order valence-corrected chi connectivity index (χ0v) is 16.4. The molecule has 0 bridgehead atoms. The monoisotopic (exact) mass is 393 g/mol. The molecule has 2 aromatic rings. The molecule has 7 heteroatoms. The third kappa shape index (κ3) is 5.53. The molecule has 0 aliphatic heterocycles. The highest BCUT2D eigenvalue weighted by Gasteiger charge is 2.23. The molecule has 0 aromatic heterocycles. The quantitative estimate of drug-likeness (QED) is 0.743. The standard InChI is InChI=1S/C20H24FNO4S/c1-4-17(14-10-12-15(13-11-14)27(3,24)25)22-20(23)18(5-2)26-19-9-7-6-8-16(19)21/h6-13,17-18H,4-5H2,1-3H3,(H,22,23)/t17-,18-/m1/s1. The minimum Gasteiger partial charge on any atom is -0.478 e. The topological polar surface area (TPSA) is 72.5 Å². The van der Waals surface area contributed by atoms with Crippen LogP contribution in [0, 0.1) is 5.82 Å². The van der Waals surface area contributed by atoms with Gasteiger partial charge in [0.25, 0.3) is 5.91 Å². The van der Waals surface area contributed by atoms with E-state index in [9.17, 15) is 17.6 Å². The second-order valence-corrected chi connectivity index (χ2v) is 8.27. The predicted molar refractivity (Wildman–Crippen MR) is 102 cm³/mol. The maximum atomic E-state index is 13.8. The van der Waals surface area contributed by atoms with Crippen molar-refractivity contribution in [2.75, 3.05) is 6.26 Å². The Hall–Kier alpha value is -2.41. The third-order valence-corrected chi connectivity index (χ3v) is 5.33. The number of carbonyl (C=O) groups is 1. The molecule has 2 aromatic carbocycles. The zero-order chi connectivity index (χ0) is 20.0. The molecule has 0 saturated heterocycles. The number of nitrogens with one attached hydrogen (secondary N) is 1. The average Bonchev–Trinajstić information content (AvgIpc) is 2.64. The summed E-state index contributed by atoms with van der Waals surface area (Å²) in [7, 11) is -3.27. The van der Waals surface area contributed by atoms with E-state index in [0.29, 0.717) is 12.8 Å². The Morgan fingerprint density at radius 3 is 2.22 bits per heavy atom. The smallest absolute Gasteiger partial charge is 0.261 e. The first-order valence-electron chi connectivity index (χ1n) is 8.77. The van der Waals surface area contributed by atoms with Crippen LogP contribution in [0.4, 0.5) is 4.39 Å². The van der Waals surface area contributed by atoms with E-state index in [0.717, 1.165) is 11.8 Å². The van der Waals surface area contributed by atoms with Crippen molar-refractivity contribution in [3.05, 3.63) is 59.9 Å². The van der Waals surface area contributed by atoms with Crippen LogP contribution in [0.25, 0.3) is 0 Å². The molecule has 2 atom stereocenters. The first-order chi connectivity index (χ1) is 12.8. The number of carbonyl (C=O) groups excluding carboxylic acids is 1. The van der Waals surface area contributed by atoms with Gasteiger partial charge >= 0.3 is 0 Å². The van der Waals surface area contributed by atoms with Crippen molar-refractivity contribution in [3.8, 4) is 5.75 Å². The summed E-state index contributed by atoms with van der Waals surface area (Å²) in [6.07, 6.45) is 1.31. The molecule has 0 unspecified atom stereocenters. The van der Waals surface area contributed by atoms with Gasteiger partial charge in [-0.3, -0.25) is 4.79 Å². The third-order valence-electron chi connectivity index (χ3n) is 4.20. The number of rotatable bonds is 8. The van der Waals surface area contributed by atoms with Gasteiger partial charge in [0.2, 0.25) is 0 Å². The fraction of sp³-hybridized carbons (Fsp3) is 0.350. The number of sulfone groups is 1. The zero-order valence-electron chi connectivity index (χ0n) is 15.6. The first-order valence-corrected chi connectivity index (χ1v) is 10.7. The Kier molecular flexibility index (Phi) is 6.96. The Morgan fingerprint density at radius 1 is 1.07 bits per heavy atom. The van der Waals surface area contributed by atoms with Gasteiger partial charge in [-0.15, -0.1) is 0 Å². The van der Waals surface area contributed by atoms with Crippen LogP contribution in [0.2, 0.25) is 0 Å². The average molecular weight is 393 g/mol. The van der Waals surface area contributed by atoms with Crippen molar-refractivity contribution in [3.63, 3.8) is 0 Å². The molecule has 0 spiro atoms. The van der Waals surface area contributed by atoms with Gasteiger partial charge in [0.1, 0.15) is 0 Å². The van der Waals surface area contributed by atoms with E-state index >= 15 is 0 Å². The van der Waals surface area contributed by atoms with Crippen molar-refractivity contribution in [2.45, 2.75) is 43.7 Å². The molecule has 5 nitrogen and oxygen atoms in total. The molecule has 0 radical (unpaired) electrons. The molecule has 0 fully saturated rings. The SMILES string of the molecule is CC[C@@H](Oc1ccccc1F)C(=O)N[C@H](CC)c1ccc(S(C)(=O)=O)cc1. The number of para-hydroxylation sites is 1. The molecular weight excluding hydrogens is 369 g/mol. The number of hydrogen-bond donors (Lipinski definition) is 1. The largest absolute Gasteiger partial charge is 0.478 e. The van der Waals surface area contributed by atoms with E-state index < -0.39 is 21.8 Å². The maximum Gasteiger partial charge on any atom is 0.261 e. The first kappa shape index (κ1) is 20.9. The van der Waals surface area contributed by atoms with Crippen LogP contribution in [0.5, 0.6) is 5.75 Å². The minimum atomic E-state index is -3.27. The van der Waals surface area contributed by atoms with E-state index in [1.165, 1.54) is 24.3 Å². The van der Waals surface area contributed by atoms with Gasteiger partial charge in [0, 0.05) is 6.26 Å². The van der Waals surface area contributed by atoms with Gasteiger partial charge in [-0.05, 0) is 42.7 Å². The van der Waals surface area contributed by atoms with Gasteiger partial charge < -0.3 is 10.1 Å². The van der Waals surface area contributed by atoms with E-state index in [2.05, 4.69) is 5.32 Å². The van der Waals surface area contributed by atoms with Crippen LogP contribution < -0.4 is 10.1 Å². The summed E-state index contributed by atoms with van der Waals surface area (Å²) in [5.74, 6) is -0.836. The highest BCUT2D eigenvalue weighted by atomic mass is 32.2. The lowest BCUT2D eigenvalue weighted by atomic mass is 10.0. The molecule has 0 aliphatic carbocycles. The van der Waals surface area contributed by atoms with Crippen molar-refractivity contribution in [1.82, 2.24) is 5.32 Å². The summed E-state index contributed by atoms with van der Waals surface area (Å²) in [6, 6.07) is 12.1. The normalized spacial score (nSPS) is 13.6. The Morgan fingerprint density at radius 2 is 1.70 bits per heavy atom. The molecule has 0 saturated carbocycles. The molecule has 146 valence electrons. The lowest BCUT2D eigenvalue weighted by molar-refractivity contribution is -0.129. The Labute approximate surface area is 159 Å². The highest BCUT2D eigenvalue weighted by molar-refractivity contribution is 7.90. The van der Waals surface area contributed by atoms with Crippen LogP contribution >= 0.6 is 0 Å².